The molecule has 7 heteroatoms. The zero-order chi connectivity index (χ0) is 12.3. The number of hydrogen-bond donors (Lipinski definition) is 1. The summed E-state index contributed by atoms with van der Waals surface area (Å²) in [7, 11) is -3.02. The lowest BCUT2D eigenvalue weighted by atomic mass is 10.2. The van der Waals surface area contributed by atoms with Crippen LogP contribution in [0.1, 0.15) is 19.8 Å². The van der Waals surface area contributed by atoms with Gasteiger partial charge in [-0.15, -0.1) is 0 Å². The molecule has 0 unspecified atom stereocenters. The fraction of sp³-hybridized carbons (Fsp3) is 0.778. The van der Waals surface area contributed by atoms with Crippen molar-refractivity contribution in [1.82, 2.24) is 4.90 Å². The van der Waals surface area contributed by atoms with Crippen LogP contribution in [-0.4, -0.2) is 49.2 Å². The van der Waals surface area contributed by atoms with Crippen molar-refractivity contribution < 1.29 is 18.0 Å². The molecule has 0 aromatic carbocycles. The van der Waals surface area contributed by atoms with Gasteiger partial charge in [0.2, 0.25) is 11.8 Å². The topological polar surface area (TPSA) is 97.5 Å². The van der Waals surface area contributed by atoms with Crippen LogP contribution in [-0.2, 0) is 19.4 Å². The Kier molecular flexibility index (Phi) is 3.90. The van der Waals surface area contributed by atoms with Gasteiger partial charge in [-0.05, 0) is 6.42 Å². The molecule has 16 heavy (non-hydrogen) atoms. The molecule has 0 aliphatic carbocycles. The highest BCUT2D eigenvalue weighted by Crippen LogP contribution is 2.18. The molecule has 0 spiro atoms. The lowest BCUT2D eigenvalue weighted by Gasteiger charge is -2.26. The third kappa shape index (κ3) is 3.48. The molecule has 1 rings (SSSR count). The van der Waals surface area contributed by atoms with Crippen molar-refractivity contribution in [2.24, 2.45) is 5.73 Å². The summed E-state index contributed by atoms with van der Waals surface area (Å²) in [5.74, 6) is -0.612. The molecule has 1 heterocycles. The van der Waals surface area contributed by atoms with Crippen LogP contribution >= 0.6 is 0 Å². The monoisotopic (exact) mass is 248 g/mol. The van der Waals surface area contributed by atoms with Gasteiger partial charge in [-0.2, -0.15) is 0 Å². The van der Waals surface area contributed by atoms with Crippen molar-refractivity contribution in [2.75, 3.05) is 18.1 Å². The average molecular weight is 248 g/mol. The van der Waals surface area contributed by atoms with E-state index in [1.54, 1.807) is 0 Å². The highest BCUT2D eigenvalue weighted by molar-refractivity contribution is 7.91. The van der Waals surface area contributed by atoms with Gasteiger partial charge in [0, 0.05) is 25.9 Å². The maximum absolute atomic E-state index is 11.3. The second kappa shape index (κ2) is 4.82. The molecule has 0 aromatic heterocycles. The van der Waals surface area contributed by atoms with Gasteiger partial charge in [-0.3, -0.25) is 9.59 Å². The van der Waals surface area contributed by atoms with Crippen molar-refractivity contribution in [3.05, 3.63) is 0 Å². The summed E-state index contributed by atoms with van der Waals surface area (Å²) in [5.41, 5.74) is 5.00. The SMILES string of the molecule is CC(=O)N(CCC(N)=O)[C@H]1CCS(=O)(=O)C1. The number of amides is 2. The van der Waals surface area contributed by atoms with E-state index in [0.29, 0.717) is 6.42 Å². The third-order valence-electron chi connectivity index (χ3n) is 2.65. The predicted octanol–water partition coefficient (Wildman–Crippen LogP) is -1.10. The van der Waals surface area contributed by atoms with Crippen LogP contribution in [0.25, 0.3) is 0 Å². The van der Waals surface area contributed by atoms with Crippen molar-refractivity contribution in [2.45, 2.75) is 25.8 Å². The third-order valence-corrected chi connectivity index (χ3v) is 4.40. The van der Waals surface area contributed by atoms with Crippen LogP contribution in [0.4, 0.5) is 0 Å². The Bertz CT molecular complexity index is 390. The van der Waals surface area contributed by atoms with Gasteiger partial charge in [0.15, 0.2) is 9.84 Å². The standard InChI is InChI=1S/C9H16N2O4S/c1-7(12)11(4-2-9(10)13)8-3-5-16(14,15)6-8/h8H,2-6H2,1H3,(H2,10,13)/t8-/m0/s1. The van der Waals surface area contributed by atoms with Crippen LogP contribution in [0, 0.1) is 0 Å². The Morgan fingerprint density at radius 2 is 2.06 bits per heavy atom. The Morgan fingerprint density at radius 3 is 2.44 bits per heavy atom. The fourth-order valence-corrected chi connectivity index (χ4v) is 3.58. The van der Waals surface area contributed by atoms with Gasteiger partial charge < -0.3 is 10.6 Å². The summed E-state index contributed by atoms with van der Waals surface area (Å²) in [6, 6.07) is -0.304. The van der Waals surface area contributed by atoms with Crippen molar-refractivity contribution in [3.63, 3.8) is 0 Å². The summed E-state index contributed by atoms with van der Waals surface area (Å²) in [6.07, 6.45) is 0.511. The second-order valence-corrected chi connectivity index (χ2v) is 6.21. The van der Waals surface area contributed by atoms with Crippen LogP contribution < -0.4 is 5.73 Å². The Labute approximate surface area is 94.7 Å². The molecule has 92 valence electrons. The van der Waals surface area contributed by atoms with Crippen LogP contribution in [0.2, 0.25) is 0 Å². The molecule has 0 radical (unpaired) electrons. The maximum Gasteiger partial charge on any atom is 0.219 e. The lowest BCUT2D eigenvalue weighted by molar-refractivity contribution is -0.131. The molecule has 6 nitrogen and oxygen atoms in total. The van der Waals surface area contributed by atoms with Gasteiger partial charge in [-0.25, -0.2) is 8.42 Å². The van der Waals surface area contributed by atoms with Gasteiger partial charge in [0.05, 0.1) is 11.5 Å². The van der Waals surface area contributed by atoms with E-state index in [1.165, 1.54) is 11.8 Å². The fourth-order valence-electron chi connectivity index (χ4n) is 1.85. The minimum absolute atomic E-state index is 0.00859. The Morgan fingerprint density at radius 1 is 1.44 bits per heavy atom. The molecule has 0 aromatic rings. The van der Waals surface area contributed by atoms with E-state index in [-0.39, 0.29) is 36.4 Å². The van der Waals surface area contributed by atoms with Crippen LogP contribution in [0.5, 0.6) is 0 Å². The normalized spacial score (nSPS) is 22.9. The molecule has 1 aliphatic heterocycles. The number of rotatable bonds is 4. The first-order valence-electron chi connectivity index (χ1n) is 5.08. The minimum atomic E-state index is -3.02. The number of primary amides is 1. The number of nitrogens with two attached hydrogens (primary N) is 1. The lowest BCUT2D eigenvalue weighted by Crippen LogP contribution is -2.41. The molecule has 0 bridgehead atoms. The molecule has 0 saturated carbocycles. The quantitative estimate of drug-likeness (QED) is 0.682. The second-order valence-electron chi connectivity index (χ2n) is 3.99. The van der Waals surface area contributed by atoms with E-state index in [4.69, 9.17) is 5.73 Å². The van der Waals surface area contributed by atoms with Gasteiger partial charge in [-0.1, -0.05) is 0 Å². The molecule has 1 saturated heterocycles. The maximum atomic E-state index is 11.3. The number of nitrogens with zero attached hydrogens (tertiary/aromatic N) is 1. The van der Waals surface area contributed by atoms with E-state index in [9.17, 15) is 18.0 Å². The number of carbonyl (C=O) groups is 2. The van der Waals surface area contributed by atoms with Gasteiger partial charge in [0.1, 0.15) is 0 Å². The molecule has 1 fully saturated rings. The smallest absolute Gasteiger partial charge is 0.219 e. The van der Waals surface area contributed by atoms with Gasteiger partial charge in [0.25, 0.3) is 0 Å². The van der Waals surface area contributed by atoms with Crippen molar-refractivity contribution in [1.29, 1.82) is 0 Å². The van der Waals surface area contributed by atoms with E-state index < -0.39 is 15.7 Å². The molecule has 2 N–H and O–H groups in total. The van der Waals surface area contributed by atoms with Crippen molar-refractivity contribution in [3.8, 4) is 0 Å². The van der Waals surface area contributed by atoms with E-state index >= 15 is 0 Å². The van der Waals surface area contributed by atoms with Crippen molar-refractivity contribution >= 4 is 21.7 Å². The largest absolute Gasteiger partial charge is 0.370 e. The first-order valence-corrected chi connectivity index (χ1v) is 6.90. The summed E-state index contributed by atoms with van der Waals surface area (Å²) in [5, 5.41) is 0. The zero-order valence-electron chi connectivity index (χ0n) is 9.18. The van der Waals surface area contributed by atoms with Gasteiger partial charge >= 0.3 is 0 Å². The molecule has 1 aliphatic rings. The van der Waals surface area contributed by atoms with E-state index in [1.807, 2.05) is 0 Å². The average Bonchev–Trinajstić information content (AvgIpc) is 2.45. The zero-order valence-corrected chi connectivity index (χ0v) is 10.00. The summed E-state index contributed by atoms with van der Waals surface area (Å²) < 4.78 is 22.6. The summed E-state index contributed by atoms with van der Waals surface area (Å²) in [4.78, 5) is 23.4. The predicted molar refractivity (Wildman–Crippen MR) is 58.3 cm³/mol. The number of hydrogen-bond acceptors (Lipinski definition) is 4. The number of carbonyl (C=O) groups excluding carboxylic acids is 2. The summed E-state index contributed by atoms with van der Waals surface area (Å²) >= 11 is 0. The minimum Gasteiger partial charge on any atom is -0.370 e. The van der Waals surface area contributed by atoms with E-state index in [2.05, 4.69) is 0 Å². The first kappa shape index (κ1) is 13.0. The highest BCUT2D eigenvalue weighted by Gasteiger charge is 2.33. The molecular formula is C9H16N2O4S. The number of sulfone groups is 1. The first-order chi connectivity index (χ1) is 7.32. The molecule has 2 amide bonds. The molecule has 1 atom stereocenters. The Hall–Kier alpha value is -1.11. The summed E-state index contributed by atoms with van der Waals surface area (Å²) in [6.45, 7) is 1.57. The van der Waals surface area contributed by atoms with Crippen LogP contribution in [0.15, 0.2) is 0 Å². The Balaban J connectivity index is 2.65. The molecular weight excluding hydrogens is 232 g/mol. The van der Waals surface area contributed by atoms with E-state index in [0.717, 1.165) is 0 Å². The van der Waals surface area contributed by atoms with Crippen LogP contribution in [0.3, 0.4) is 0 Å². The highest BCUT2D eigenvalue weighted by atomic mass is 32.2.